The van der Waals surface area contributed by atoms with Gasteiger partial charge in [0.2, 0.25) is 15.9 Å². The second-order valence-electron chi connectivity index (χ2n) is 8.27. The Hall–Kier alpha value is -3.52. The predicted molar refractivity (Wildman–Crippen MR) is 118 cm³/mol. The Labute approximate surface area is 207 Å². The molecule has 2 heterocycles. The van der Waals surface area contributed by atoms with E-state index in [0.29, 0.717) is 9.87 Å². The summed E-state index contributed by atoms with van der Waals surface area (Å²) in [5.74, 6) is -5.20. The maximum Gasteiger partial charge on any atom is 0.416 e. The highest BCUT2D eigenvalue weighted by molar-refractivity contribution is 7.89. The molecule has 1 aliphatic heterocycles. The SMILES string of the molecule is O=C(NCc1cc(-c2ccc(C(F)(F)F)cc2)ncn1)C1CC(F)(F)CN1S(=O)(=O)c1ccc(F)cc1. The minimum atomic E-state index is -4.54. The van der Waals surface area contributed by atoms with Gasteiger partial charge in [0, 0.05) is 12.0 Å². The molecule has 0 radical (unpaired) electrons. The molecule has 0 saturated carbocycles. The van der Waals surface area contributed by atoms with Gasteiger partial charge in [0.05, 0.1) is 34.9 Å². The van der Waals surface area contributed by atoms with Crippen LogP contribution in [0.1, 0.15) is 17.7 Å². The number of halogens is 6. The normalized spacial score (nSPS) is 18.1. The van der Waals surface area contributed by atoms with Crippen molar-refractivity contribution < 1.29 is 39.6 Å². The first-order valence-electron chi connectivity index (χ1n) is 10.7. The fraction of sp³-hybridized carbons (Fsp3) is 0.261. The number of hydrogen-bond donors (Lipinski definition) is 1. The van der Waals surface area contributed by atoms with Crippen molar-refractivity contribution in [1.82, 2.24) is 19.6 Å². The topological polar surface area (TPSA) is 92.3 Å². The van der Waals surface area contributed by atoms with Crippen LogP contribution in [0.15, 0.2) is 65.8 Å². The molecule has 1 saturated heterocycles. The fourth-order valence-electron chi connectivity index (χ4n) is 3.78. The zero-order valence-electron chi connectivity index (χ0n) is 18.7. The van der Waals surface area contributed by atoms with Gasteiger partial charge in [-0.2, -0.15) is 17.5 Å². The number of sulfonamides is 1. The molecule has 1 amide bonds. The van der Waals surface area contributed by atoms with E-state index in [1.165, 1.54) is 18.2 Å². The van der Waals surface area contributed by atoms with E-state index in [1.807, 2.05) is 0 Å². The number of benzene rings is 2. The van der Waals surface area contributed by atoms with Crippen molar-refractivity contribution in [2.75, 3.05) is 6.54 Å². The van der Waals surface area contributed by atoms with Crippen molar-refractivity contribution in [2.45, 2.75) is 36.0 Å². The number of carbonyl (C=O) groups is 1. The van der Waals surface area contributed by atoms with Gasteiger partial charge < -0.3 is 5.32 Å². The monoisotopic (exact) mass is 544 g/mol. The molecule has 14 heteroatoms. The van der Waals surface area contributed by atoms with Crippen LogP contribution in [0, 0.1) is 5.82 Å². The summed E-state index contributed by atoms with van der Waals surface area (Å²) < 4.78 is 106. The molecular weight excluding hydrogens is 526 g/mol. The lowest BCUT2D eigenvalue weighted by Gasteiger charge is -2.22. The summed E-state index contributed by atoms with van der Waals surface area (Å²) in [4.78, 5) is 20.3. The van der Waals surface area contributed by atoms with Crippen LogP contribution >= 0.6 is 0 Å². The number of rotatable bonds is 6. The largest absolute Gasteiger partial charge is 0.416 e. The molecule has 7 nitrogen and oxygen atoms in total. The van der Waals surface area contributed by atoms with E-state index in [9.17, 15) is 39.6 Å². The molecular formula is C23H18F6N4O3S. The van der Waals surface area contributed by atoms with Gasteiger partial charge in [0.1, 0.15) is 18.2 Å². The Morgan fingerprint density at radius 3 is 2.32 bits per heavy atom. The Morgan fingerprint density at radius 1 is 1.05 bits per heavy atom. The summed E-state index contributed by atoms with van der Waals surface area (Å²) in [6.07, 6.45) is -4.45. The highest BCUT2D eigenvalue weighted by Gasteiger charge is 2.52. The zero-order chi connectivity index (χ0) is 27.0. The third-order valence-corrected chi connectivity index (χ3v) is 7.49. The fourth-order valence-corrected chi connectivity index (χ4v) is 5.40. The van der Waals surface area contributed by atoms with Crippen molar-refractivity contribution in [2.24, 2.45) is 0 Å². The third kappa shape index (κ3) is 5.91. The van der Waals surface area contributed by atoms with Gasteiger partial charge in [0.15, 0.2) is 0 Å². The number of hydrogen-bond acceptors (Lipinski definition) is 5. The summed E-state index contributed by atoms with van der Waals surface area (Å²) >= 11 is 0. The van der Waals surface area contributed by atoms with Crippen molar-refractivity contribution in [3.63, 3.8) is 0 Å². The van der Waals surface area contributed by atoms with E-state index in [-0.39, 0.29) is 17.9 Å². The van der Waals surface area contributed by atoms with E-state index < -0.39 is 63.3 Å². The Bertz CT molecular complexity index is 1400. The van der Waals surface area contributed by atoms with Crippen molar-refractivity contribution in [3.8, 4) is 11.3 Å². The highest BCUT2D eigenvalue weighted by atomic mass is 32.2. The maximum absolute atomic E-state index is 14.2. The van der Waals surface area contributed by atoms with Crippen LogP contribution in [0.25, 0.3) is 11.3 Å². The Morgan fingerprint density at radius 2 is 1.70 bits per heavy atom. The summed E-state index contributed by atoms with van der Waals surface area (Å²) in [7, 11) is -4.54. The van der Waals surface area contributed by atoms with Gasteiger partial charge in [-0.15, -0.1) is 0 Å². The number of aromatic nitrogens is 2. The maximum atomic E-state index is 14.2. The van der Waals surface area contributed by atoms with Crippen molar-refractivity contribution >= 4 is 15.9 Å². The molecule has 1 atom stereocenters. The van der Waals surface area contributed by atoms with Crippen LogP contribution in [0.4, 0.5) is 26.3 Å². The van der Waals surface area contributed by atoms with E-state index in [2.05, 4.69) is 15.3 Å². The molecule has 4 rings (SSSR count). The van der Waals surface area contributed by atoms with Gasteiger partial charge in [0.25, 0.3) is 5.92 Å². The lowest BCUT2D eigenvalue weighted by Crippen LogP contribution is -2.45. The number of nitrogens with one attached hydrogen (secondary N) is 1. The minimum absolute atomic E-state index is 0.205. The predicted octanol–water partition coefficient (Wildman–Crippen LogP) is 4.02. The standard InChI is InChI=1S/C23H18F6N4O3S/c24-16-5-7-18(8-6-16)37(35,36)33-12-22(25,26)10-20(33)21(34)30-11-17-9-19(32-13-31-17)14-1-3-15(4-2-14)23(27,28)29/h1-9,13,20H,10-12H2,(H,30,34). The van der Waals surface area contributed by atoms with Crippen LogP contribution in [0.5, 0.6) is 0 Å². The average molecular weight is 544 g/mol. The number of nitrogens with zero attached hydrogens (tertiary/aromatic N) is 3. The first-order valence-corrected chi connectivity index (χ1v) is 12.1. The second kappa shape index (κ2) is 9.74. The van der Waals surface area contributed by atoms with Crippen LogP contribution in [-0.2, 0) is 27.5 Å². The minimum Gasteiger partial charge on any atom is -0.349 e. The number of carbonyl (C=O) groups excluding carboxylic acids is 1. The van der Waals surface area contributed by atoms with Crippen LogP contribution < -0.4 is 5.32 Å². The molecule has 1 N–H and O–H groups in total. The molecule has 2 aromatic carbocycles. The van der Waals surface area contributed by atoms with E-state index in [4.69, 9.17) is 0 Å². The molecule has 1 aromatic heterocycles. The molecule has 196 valence electrons. The smallest absolute Gasteiger partial charge is 0.349 e. The van der Waals surface area contributed by atoms with Gasteiger partial charge >= 0.3 is 6.18 Å². The third-order valence-electron chi connectivity index (χ3n) is 5.63. The molecule has 1 aliphatic rings. The zero-order valence-corrected chi connectivity index (χ0v) is 19.5. The molecule has 0 spiro atoms. The molecule has 37 heavy (non-hydrogen) atoms. The first kappa shape index (κ1) is 26.5. The average Bonchev–Trinajstić information content (AvgIpc) is 3.19. The molecule has 1 unspecified atom stereocenters. The quantitative estimate of drug-likeness (QED) is 0.474. The van der Waals surface area contributed by atoms with E-state index in [0.717, 1.165) is 42.7 Å². The molecule has 1 fully saturated rings. The lowest BCUT2D eigenvalue weighted by atomic mass is 10.1. The molecule has 3 aromatic rings. The molecule has 0 aliphatic carbocycles. The first-order chi connectivity index (χ1) is 17.3. The summed E-state index contributed by atoms with van der Waals surface area (Å²) in [6, 6.07) is 7.40. The van der Waals surface area contributed by atoms with Crippen molar-refractivity contribution in [3.05, 3.63) is 78.0 Å². The van der Waals surface area contributed by atoms with E-state index >= 15 is 0 Å². The van der Waals surface area contributed by atoms with E-state index in [1.54, 1.807) is 0 Å². The van der Waals surface area contributed by atoms with Crippen molar-refractivity contribution in [1.29, 1.82) is 0 Å². The Kier molecular flexibility index (Phi) is 6.99. The summed E-state index contributed by atoms with van der Waals surface area (Å²) in [5, 5.41) is 2.37. The summed E-state index contributed by atoms with van der Waals surface area (Å²) in [6.45, 7) is -1.52. The van der Waals surface area contributed by atoms with Gasteiger partial charge in [-0.05, 0) is 42.5 Å². The van der Waals surface area contributed by atoms with Gasteiger partial charge in [-0.1, -0.05) is 12.1 Å². The van der Waals surface area contributed by atoms with Crippen LogP contribution in [-0.4, -0.2) is 47.1 Å². The summed E-state index contributed by atoms with van der Waals surface area (Å²) in [5.41, 5.74) is -0.0434. The highest BCUT2D eigenvalue weighted by Crippen LogP contribution is 2.36. The number of alkyl halides is 5. The molecule has 0 bridgehead atoms. The van der Waals surface area contributed by atoms with Crippen LogP contribution in [0.3, 0.4) is 0 Å². The second-order valence-corrected chi connectivity index (χ2v) is 10.2. The Balaban J connectivity index is 1.49. The lowest BCUT2D eigenvalue weighted by molar-refractivity contribution is -0.137. The van der Waals surface area contributed by atoms with Crippen LogP contribution in [0.2, 0.25) is 0 Å². The van der Waals surface area contributed by atoms with Gasteiger partial charge in [-0.25, -0.2) is 31.6 Å². The van der Waals surface area contributed by atoms with Gasteiger partial charge in [-0.3, -0.25) is 4.79 Å². The number of amides is 1.